The average molecular weight is 602 g/mol. The molecular weight excluding hydrogens is 566 g/mol. The molecule has 15 heteroatoms. The van der Waals surface area contributed by atoms with Crippen LogP contribution >= 0.6 is 0 Å². The third-order valence-electron chi connectivity index (χ3n) is 6.45. The minimum atomic E-state index is -1.31. The van der Waals surface area contributed by atoms with Crippen molar-refractivity contribution >= 4 is 35.5 Å². The Hall–Kier alpha value is -4.79. The van der Waals surface area contributed by atoms with Crippen molar-refractivity contribution in [2.45, 2.75) is 58.5 Å². The van der Waals surface area contributed by atoms with Gasteiger partial charge in [0, 0.05) is 45.2 Å². The topological polar surface area (TPSA) is 200 Å². The number of amides is 1. The molecule has 3 N–H and O–H groups in total. The Morgan fingerprint density at radius 2 is 1.77 bits per heavy atom. The number of benzene rings is 1. The largest absolute Gasteiger partial charge is 0.479 e. The zero-order valence-corrected chi connectivity index (χ0v) is 24.5. The fourth-order valence-corrected chi connectivity index (χ4v) is 4.55. The van der Waals surface area contributed by atoms with Crippen LogP contribution in [0.5, 0.6) is 0 Å². The van der Waals surface area contributed by atoms with Crippen LogP contribution in [0.2, 0.25) is 0 Å². The molecule has 15 nitrogen and oxygen atoms in total. The predicted molar refractivity (Wildman–Crippen MR) is 149 cm³/mol. The van der Waals surface area contributed by atoms with Crippen molar-refractivity contribution in [2.75, 3.05) is 25.6 Å². The number of carbonyl (C=O) groups excluding carboxylic acids is 5. The van der Waals surface area contributed by atoms with E-state index in [2.05, 4.69) is 15.6 Å². The van der Waals surface area contributed by atoms with Crippen LogP contribution in [-0.2, 0) is 47.7 Å². The summed E-state index contributed by atoms with van der Waals surface area (Å²) < 4.78 is 28.3. The Morgan fingerprint density at radius 1 is 1.07 bits per heavy atom. The summed E-state index contributed by atoms with van der Waals surface area (Å²) in [4.78, 5) is 60.5. The molecule has 2 aromatic rings. The Labute approximate surface area is 247 Å². The maximum absolute atomic E-state index is 12.7. The van der Waals surface area contributed by atoms with Crippen molar-refractivity contribution in [2.24, 2.45) is 11.7 Å². The highest BCUT2D eigenvalue weighted by molar-refractivity contribution is 5.95. The zero-order valence-electron chi connectivity index (χ0n) is 24.5. The van der Waals surface area contributed by atoms with E-state index in [1.807, 2.05) is 0 Å². The van der Waals surface area contributed by atoms with E-state index in [1.165, 1.54) is 24.8 Å². The third-order valence-corrected chi connectivity index (χ3v) is 6.45. The van der Waals surface area contributed by atoms with Gasteiger partial charge in [-0.05, 0) is 12.1 Å². The summed E-state index contributed by atoms with van der Waals surface area (Å²) in [5, 5.41) is 11.4. The van der Waals surface area contributed by atoms with Gasteiger partial charge in [0.25, 0.3) is 0 Å². The number of aromatic nitrogens is 3. The first-order chi connectivity index (χ1) is 20.4. The molecular formula is C28H35N5O10. The van der Waals surface area contributed by atoms with Gasteiger partial charge in [0.05, 0.1) is 25.0 Å². The molecule has 232 valence electrons. The van der Waals surface area contributed by atoms with Gasteiger partial charge in [0.15, 0.2) is 12.2 Å². The molecule has 0 fully saturated rings. The molecule has 2 heterocycles. The predicted octanol–water partition coefficient (Wildman–Crippen LogP) is 1.29. The number of hydrogen-bond donors (Lipinski definition) is 2. The number of nitrogens with two attached hydrogens (primary N) is 1. The SMILES string of the molecule is COC(=O)C1=C[C@H](n2cc(-c3ccccc3NC(=O)CCN)nn2)[C@@H](C)[C@H]([C@H](OC(C)=O)[C@@H](COC(C)=O)OC(C)=O)O1. The van der Waals surface area contributed by atoms with E-state index in [0.717, 1.165) is 13.8 Å². The lowest BCUT2D eigenvalue weighted by Gasteiger charge is -2.40. The maximum atomic E-state index is 12.7. The molecule has 1 aliphatic rings. The molecule has 0 saturated carbocycles. The Morgan fingerprint density at radius 3 is 2.40 bits per heavy atom. The molecule has 0 spiro atoms. The van der Waals surface area contributed by atoms with Gasteiger partial charge in [-0.2, -0.15) is 0 Å². The number of nitrogens with zero attached hydrogens (tertiary/aromatic N) is 3. The summed E-state index contributed by atoms with van der Waals surface area (Å²) in [5.41, 5.74) is 6.99. The Kier molecular flexibility index (Phi) is 11.3. The summed E-state index contributed by atoms with van der Waals surface area (Å²) in [6, 6.07) is 6.29. The van der Waals surface area contributed by atoms with Crippen molar-refractivity contribution in [1.29, 1.82) is 0 Å². The highest BCUT2D eigenvalue weighted by Crippen LogP contribution is 2.37. The monoisotopic (exact) mass is 601 g/mol. The first-order valence-electron chi connectivity index (χ1n) is 13.4. The molecule has 0 saturated heterocycles. The number of nitrogens with one attached hydrogen (secondary N) is 1. The van der Waals surface area contributed by atoms with E-state index >= 15 is 0 Å². The van der Waals surface area contributed by atoms with Crippen LogP contribution in [0.4, 0.5) is 5.69 Å². The first kappa shape index (κ1) is 32.7. The molecule has 1 amide bonds. The van der Waals surface area contributed by atoms with E-state index < -0.39 is 60.8 Å². The summed E-state index contributed by atoms with van der Waals surface area (Å²) in [5.74, 6) is -4.00. The van der Waals surface area contributed by atoms with Crippen LogP contribution in [0.3, 0.4) is 0 Å². The van der Waals surface area contributed by atoms with Crippen LogP contribution in [-0.4, -0.2) is 83.4 Å². The quantitative estimate of drug-likeness (QED) is 0.261. The molecule has 1 aromatic heterocycles. The first-order valence-corrected chi connectivity index (χ1v) is 13.4. The van der Waals surface area contributed by atoms with Crippen molar-refractivity contribution < 1.29 is 47.7 Å². The van der Waals surface area contributed by atoms with E-state index in [1.54, 1.807) is 37.4 Å². The second-order valence-corrected chi connectivity index (χ2v) is 9.70. The molecule has 0 unspecified atom stereocenters. The second-order valence-electron chi connectivity index (χ2n) is 9.70. The molecule has 3 rings (SSSR count). The lowest BCUT2D eigenvalue weighted by molar-refractivity contribution is -0.190. The fraction of sp³-hybridized carbons (Fsp3) is 0.464. The zero-order chi connectivity index (χ0) is 31.7. The van der Waals surface area contributed by atoms with Crippen LogP contribution in [0, 0.1) is 5.92 Å². The van der Waals surface area contributed by atoms with Gasteiger partial charge in [-0.1, -0.05) is 30.3 Å². The number of ether oxygens (including phenoxy) is 5. The number of para-hydroxylation sites is 1. The number of allylic oxidation sites excluding steroid dienone is 1. The van der Waals surface area contributed by atoms with Crippen LogP contribution in [0.25, 0.3) is 11.3 Å². The average Bonchev–Trinajstić information content (AvgIpc) is 3.44. The number of carbonyl (C=O) groups is 5. The number of esters is 4. The minimum absolute atomic E-state index is 0.137. The molecule has 1 aliphatic heterocycles. The highest BCUT2D eigenvalue weighted by Gasteiger charge is 2.46. The van der Waals surface area contributed by atoms with Crippen molar-refractivity contribution in [3.8, 4) is 11.3 Å². The minimum Gasteiger partial charge on any atom is -0.479 e. The van der Waals surface area contributed by atoms with Gasteiger partial charge in [-0.25, -0.2) is 9.48 Å². The van der Waals surface area contributed by atoms with Crippen molar-refractivity contribution in [3.63, 3.8) is 0 Å². The Balaban J connectivity index is 2.04. The van der Waals surface area contributed by atoms with E-state index in [0.29, 0.717) is 16.9 Å². The van der Waals surface area contributed by atoms with Gasteiger partial charge in [-0.15, -0.1) is 5.10 Å². The maximum Gasteiger partial charge on any atom is 0.373 e. The van der Waals surface area contributed by atoms with Crippen molar-refractivity contribution in [1.82, 2.24) is 15.0 Å². The van der Waals surface area contributed by atoms with E-state index in [-0.39, 0.29) is 24.6 Å². The number of anilines is 1. The van der Waals surface area contributed by atoms with Crippen molar-refractivity contribution in [3.05, 3.63) is 42.3 Å². The third kappa shape index (κ3) is 8.61. The van der Waals surface area contributed by atoms with E-state index in [4.69, 9.17) is 29.4 Å². The van der Waals surface area contributed by atoms with Crippen LogP contribution in [0.1, 0.15) is 40.2 Å². The van der Waals surface area contributed by atoms with Crippen LogP contribution in [0.15, 0.2) is 42.3 Å². The van der Waals surface area contributed by atoms with Gasteiger partial charge < -0.3 is 34.7 Å². The summed E-state index contributed by atoms with van der Waals surface area (Å²) in [6.07, 6.45) is -0.454. The lowest BCUT2D eigenvalue weighted by Crippen LogP contribution is -2.52. The standard InChI is InChI=1S/C28H35N5O10/c1-15-22(33-13-21(31-32-33)19-8-6-7-9-20(19)30-25(37)10-11-29)12-23(28(38)39-5)43-26(15)27(42-18(4)36)24(41-17(3)35)14-40-16(2)34/h6-9,12-13,15,22,24,26-27H,10-11,14,29H2,1-5H3,(H,30,37)/t15-,22+,24-,26-,27-/m1/s1. The van der Waals surface area contributed by atoms with E-state index in [9.17, 15) is 24.0 Å². The number of rotatable bonds is 12. The summed E-state index contributed by atoms with van der Waals surface area (Å²) in [7, 11) is 1.17. The molecule has 0 radical (unpaired) electrons. The molecule has 5 atom stereocenters. The molecule has 0 aliphatic carbocycles. The second kappa shape index (κ2) is 14.9. The summed E-state index contributed by atoms with van der Waals surface area (Å²) >= 11 is 0. The Bertz CT molecular complexity index is 1370. The molecule has 0 bridgehead atoms. The van der Waals surface area contributed by atoms with Gasteiger partial charge in [0.1, 0.15) is 18.4 Å². The normalized spacial score (nSPS) is 19.1. The molecule has 43 heavy (non-hydrogen) atoms. The van der Waals surface area contributed by atoms with Gasteiger partial charge >= 0.3 is 23.9 Å². The number of methoxy groups -OCH3 is 1. The smallest absolute Gasteiger partial charge is 0.373 e. The summed E-state index contributed by atoms with van der Waals surface area (Å²) in [6.45, 7) is 4.96. The lowest BCUT2D eigenvalue weighted by atomic mass is 9.87. The number of hydrogen-bond acceptors (Lipinski definition) is 13. The fourth-order valence-electron chi connectivity index (χ4n) is 4.55. The molecule has 1 aromatic carbocycles. The van der Waals surface area contributed by atoms with Gasteiger partial charge in [-0.3, -0.25) is 19.2 Å². The van der Waals surface area contributed by atoms with Crippen LogP contribution < -0.4 is 11.1 Å². The van der Waals surface area contributed by atoms with Gasteiger partial charge in [0.2, 0.25) is 11.7 Å². The highest BCUT2D eigenvalue weighted by atomic mass is 16.6.